The van der Waals surface area contributed by atoms with Crippen molar-refractivity contribution in [3.63, 3.8) is 0 Å². The zero-order valence-electron chi connectivity index (χ0n) is 9.87. The summed E-state index contributed by atoms with van der Waals surface area (Å²) < 4.78 is 0.721. The monoisotopic (exact) mass is 280 g/mol. The third kappa shape index (κ3) is 3.24. The lowest BCUT2D eigenvalue weighted by molar-refractivity contribution is 0.0951. The molecule has 3 nitrogen and oxygen atoms in total. The van der Waals surface area contributed by atoms with Crippen molar-refractivity contribution >= 4 is 34.5 Å². The van der Waals surface area contributed by atoms with E-state index in [1.54, 1.807) is 6.07 Å². The van der Waals surface area contributed by atoms with Crippen LogP contribution in [0.3, 0.4) is 0 Å². The van der Waals surface area contributed by atoms with Crippen LogP contribution in [0.15, 0.2) is 30.3 Å². The van der Waals surface area contributed by atoms with E-state index in [0.29, 0.717) is 17.8 Å². The van der Waals surface area contributed by atoms with Gasteiger partial charge in [-0.3, -0.25) is 4.79 Å². The highest BCUT2D eigenvalue weighted by atomic mass is 35.5. The highest BCUT2D eigenvalue weighted by molar-refractivity contribution is 7.16. The summed E-state index contributed by atoms with van der Waals surface area (Å²) in [5.41, 5.74) is 7.86. The van der Waals surface area contributed by atoms with Crippen LogP contribution in [-0.2, 0) is 6.54 Å². The average Bonchev–Trinajstić information content (AvgIpc) is 2.70. The van der Waals surface area contributed by atoms with Gasteiger partial charge < -0.3 is 11.1 Å². The van der Waals surface area contributed by atoms with Crippen LogP contribution in [0.2, 0.25) is 4.34 Å². The molecule has 0 unspecified atom stereocenters. The van der Waals surface area contributed by atoms with Gasteiger partial charge in [0.1, 0.15) is 0 Å². The minimum Gasteiger partial charge on any atom is -0.399 e. The Hall–Kier alpha value is -1.52. The van der Waals surface area contributed by atoms with Gasteiger partial charge >= 0.3 is 0 Å². The van der Waals surface area contributed by atoms with E-state index in [1.807, 2.05) is 31.2 Å². The Morgan fingerprint density at radius 3 is 2.78 bits per heavy atom. The van der Waals surface area contributed by atoms with Gasteiger partial charge in [0, 0.05) is 16.1 Å². The van der Waals surface area contributed by atoms with Crippen LogP contribution in [0.4, 0.5) is 5.69 Å². The first kappa shape index (κ1) is 12.9. The van der Waals surface area contributed by atoms with Crippen LogP contribution in [0, 0.1) is 6.92 Å². The molecule has 1 aromatic heterocycles. The molecule has 2 rings (SSSR count). The number of nitrogens with one attached hydrogen (secondary N) is 1. The fourth-order valence-electron chi connectivity index (χ4n) is 1.66. The number of rotatable bonds is 3. The van der Waals surface area contributed by atoms with E-state index in [4.69, 9.17) is 17.3 Å². The molecule has 0 aliphatic heterocycles. The lowest BCUT2D eigenvalue weighted by Crippen LogP contribution is -2.22. The normalized spacial score (nSPS) is 10.3. The van der Waals surface area contributed by atoms with E-state index < -0.39 is 0 Å². The van der Waals surface area contributed by atoms with E-state index in [0.717, 1.165) is 14.8 Å². The second-order valence-corrected chi connectivity index (χ2v) is 5.82. The molecule has 5 heteroatoms. The minimum atomic E-state index is -0.130. The van der Waals surface area contributed by atoms with Crippen molar-refractivity contribution < 1.29 is 4.79 Å². The Morgan fingerprint density at radius 2 is 2.17 bits per heavy atom. The Balaban J connectivity index is 2.03. The molecule has 0 saturated carbocycles. The van der Waals surface area contributed by atoms with Gasteiger partial charge in [-0.25, -0.2) is 0 Å². The number of benzene rings is 1. The number of hydrogen-bond donors (Lipinski definition) is 2. The van der Waals surface area contributed by atoms with Gasteiger partial charge in [0.05, 0.1) is 10.9 Å². The van der Waals surface area contributed by atoms with Gasteiger partial charge in [-0.1, -0.05) is 11.6 Å². The first-order chi connectivity index (χ1) is 8.54. The second kappa shape index (κ2) is 5.42. The van der Waals surface area contributed by atoms with Crippen molar-refractivity contribution in [3.8, 4) is 0 Å². The number of amides is 1. The van der Waals surface area contributed by atoms with Crippen LogP contribution >= 0.6 is 22.9 Å². The summed E-state index contributed by atoms with van der Waals surface area (Å²) in [5, 5.41) is 2.84. The van der Waals surface area contributed by atoms with E-state index >= 15 is 0 Å². The van der Waals surface area contributed by atoms with Crippen molar-refractivity contribution in [2.75, 3.05) is 5.73 Å². The maximum atomic E-state index is 11.9. The molecular formula is C13H13ClN2OS. The first-order valence-corrected chi connectivity index (χ1v) is 6.63. The molecule has 1 aromatic carbocycles. The Labute approximate surface area is 115 Å². The molecule has 0 atom stereocenters. The molecule has 2 aromatic rings. The van der Waals surface area contributed by atoms with E-state index in [9.17, 15) is 4.79 Å². The lowest BCUT2D eigenvalue weighted by atomic mass is 10.1. The average molecular weight is 281 g/mol. The second-order valence-electron chi connectivity index (χ2n) is 4.02. The summed E-state index contributed by atoms with van der Waals surface area (Å²) in [6, 6.07) is 9.03. The topological polar surface area (TPSA) is 55.1 Å². The fourth-order valence-corrected chi connectivity index (χ4v) is 2.69. The molecule has 0 aliphatic carbocycles. The SMILES string of the molecule is Cc1cc(N)cc(C(=O)NCc2ccc(Cl)s2)c1. The number of nitrogen functional groups attached to an aromatic ring is 1. The summed E-state index contributed by atoms with van der Waals surface area (Å²) in [4.78, 5) is 13.0. The predicted octanol–water partition coefficient (Wildman–Crippen LogP) is 3.22. The Morgan fingerprint density at radius 1 is 1.39 bits per heavy atom. The van der Waals surface area contributed by atoms with Crippen LogP contribution in [0.1, 0.15) is 20.8 Å². The molecule has 3 N–H and O–H groups in total. The standard InChI is InChI=1S/C13H13ClN2OS/c1-8-4-9(6-10(15)5-8)13(17)16-7-11-2-3-12(14)18-11/h2-6H,7,15H2,1H3,(H,16,17). The van der Waals surface area contributed by atoms with Crippen LogP contribution < -0.4 is 11.1 Å². The van der Waals surface area contributed by atoms with Crippen molar-refractivity contribution in [2.24, 2.45) is 0 Å². The van der Waals surface area contributed by atoms with Crippen molar-refractivity contribution in [1.29, 1.82) is 0 Å². The van der Waals surface area contributed by atoms with Gasteiger partial charge in [-0.05, 0) is 42.8 Å². The number of nitrogens with two attached hydrogens (primary N) is 1. The first-order valence-electron chi connectivity index (χ1n) is 5.44. The molecule has 0 spiro atoms. The fraction of sp³-hybridized carbons (Fsp3) is 0.154. The maximum absolute atomic E-state index is 11.9. The number of aryl methyl sites for hydroxylation is 1. The van der Waals surface area contributed by atoms with E-state index in [1.165, 1.54) is 11.3 Å². The summed E-state index contributed by atoms with van der Waals surface area (Å²) >= 11 is 7.28. The summed E-state index contributed by atoms with van der Waals surface area (Å²) in [7, 11) is 0. The molecule has 0 aliphatic rings. The van der Waals surface area contributed by atoms with E-state index in [-0.39, 0.29) is 5.91 Å². The molecular weight excluding hydrogens is 268 g/mol. The van der Waals surface area contributed by atoms with Crippen molar-refractivity contribution in [1.82, 2.24) is 5.32 Å². The molecule has 0 radical (unpaired) electrons. The highest BCUT2D eigenvalue weighted by Gasteiger charge is 2.07. The highest BCUT2D eigenvalue weighted by Crippen LogP contribution is 2.21. The maximum Gasteiger partial charge on any atom is 0.251 e. The predicted molar refractivity (Wildman–Crippen MR) is 76.1 cm³/mol. The number of hydrogen-bond acceptors (Lipinski definition) is 3. The van der Waals surface area contributed by atoms with Crippen LogP contribution in [0.25, 0.3) is 0 Å². The molecule has 1 amide bonds. The van der Waals surface area contributed by atoms with Crippen molar-refractivity contribution in [2.45, 2.75) is 13.5 Å². The summed E-state index contributed by atoms with van der Waals surface area (Å²) in [6.07, 6.45) is 0. The molecule has 0 saturated heterocycles. The van der Waals surface area contributed by atoms with Crippen LogP contribution in [-0.4, -0.2) is 5.91 Å². The molecule has 94 valence electrons. The minimum absolute atomic E-state index is 0.130. The lowest BCUT2D eigenvalue weighted by Gasteiger charge is -2.06. The van der Waals surface area contributed by atoms with Gasteiger partial charge in [0.25, 0.3) is 5.91 Å². The Kier molecular flexibility index (Phi) is 3.89. The molecule has 1 heterocycles. The van der Waals surface area contributed by atoms with Gasteiger partial charge in [0.2, 0.25) is 0 Å². The number of thiophene rings is 1. The Bertz CT molecular complexity index is 560. The zero-order valence-corrected chi connectivity index (χ0v) is 11.4. The summed E-state index contributed by atoms with van der Waals surface area (Å²) in [6.45, 7) is 2.39. The third-order valence-corrected chi connectivity index (χ3v) is 3.65. The largest absolute Gasteiger partial charge is 0.399 e. The van der Waals surface area contributed by atoms with E-state index in [2.05, 4.69) is 5.32 Å². The third-order valence-electron chi connectivity index (χ3n) is 2.41. The number of carbonyl (C=O) groups is 1. The number of halogens is 1. The quantitative estimate of drug-likeness (QED) is 0.848. The summed E-state index contributed by atoms with van der Waals surface area (Å²) in [5.74, 6) is -0.130. The number of anilines is 1. The number of carbonyl (C=O) groups excluding carboxylic acids is 1. The van der Waals surface area contributed by atoms with Gasteiger partial charge in [0.15, 0.2) is 0 Å². The van der Waals surface area contributed by atoms with Gasteiger partial charge in [-0.2, -0.15) is 0 Å². The smallest absolute Gasteiger partial charge is 0.251 e. The molecule has 0 bridgehead atoms. The van der Waals surface area contributed by atoms with Crippen molar-refractivity contribution in [3.05, 3.63) is 50.7 Å². The van der Waals surface area contributed by atoms with Gasteiger partial charge in [-0.15, -0.1) is 11.3 Å². The molecule has 0 fully saturated rings. The zero-order chi connectivity index (χ0) is 13.1. The van der Waals surface area contributed by atoms with Crippen LogP contribution in [0.5, 0.6) is 0 Å². The molecule has 18 heavy (non-hydrogen) atoms.